The van der Waals surface area contributed by atoms with Crippen LogP contribution in [0.2, 0.25) is 0 Å². The molecular formula is C16H16F3N. The summed E-state index contributed by atoms with van der Waals surface area (Å²) in [5, 5.41) is 0. The average Bonchev–Trinajstić information content (AvgIpc) is 2.25. The lowest BCUT2D eigenvalue weighted by molar-refractivity contribution is 0.513. The van der Waals surface area contributed by atoms with Gasteiger partial charge in [-0.3, -0.25) is 0 Å². The molecular weight excluding hydrogens is 263 g/mol. The second kappa shape index (κ2) is 4.94. The summed E-state index contributed by atoms with van der Waals surface area (Å²) in [5.74, 6) is -1.94. The maximum atomic E-state index is 14.2. The third kappa shape index (κ3) is 2.56. The molecule has 2 aromatic carbocycles. The highest BCUT2D eigenvalue weighted by molar-refractivity contribution is 5.44. The highest BCUT2D eigenvalue weighted by atomic mass is 19.1. The molecule has 1 nitrogen and oxygen atoms in total. The van der Waals surface area contributed by atoms with Gasteiger partial charge in [0.2, 0.25) is 0 Å². The molecule has 106 valence electrons. The van der Waals surface area contributed by atoms with Gasteiger partial charge in [-0.1, -0.05) is 6.07 Å². The molecule has 0 aromatic heterocycles. The molecule has 4 heteroatoms. The van der Waals surface area contributed by atoms with Gasteiger partial charge < -0.3 is 5.73 Å². The van der Waals surface area contributed by atoms with Crippen LogP contribution in [0.4, 0.5) is 13.2 Å². The highest BCUT2D eigenvalue weighted by Gasteiger charge is 2.30. The zero-order valence-electron chi connectivity index (χ0n) is 11.6. The summed E-state index contributed by atoms with van der Waals surface area (Å²) in [6.45, 7) is 5.05. The summed E-state index contributed by atoms with van der Waals surface area (Å²) in [4.78, 5) is 0. The van der Waals surface area contributed by atoms with Crippen molar-refractivity contribution in [2.45, 2.75) is 26.3 Å². The average molecular weight is 279 g/mol. The molecule has 1 unspecified atom stereocenters. The number of halogens is 3. The van der Waals surface area contributed by atoms with Crippen molar-refractivity contribution in [1.82, 2.24) is 0 Å². The summed E-state index contributed by atoms with van der Waals surface area (Å²) in [6.07, 6.45) is 0. The van der Waals surface area contributed by atoms with E-state index in [2.05, 4.69) is 0 Å². The van der Waals surface area contributed by atoms with E-state index in [0.717, 1.165) is 23.8 Å². The van der Waals surface area contributed by atoms with Gasteiger partial charge in [-0.15, -0.1) is 0 Å². The van der Waals surface area contributed by atoms with Crippen molar-refractivity contribution >= 4 is 0 Å². The summed E-state index contributed by atoms with van der Waals surface area (Å²) >= 11 is 0. The van der Waals surface area contributed by atoms with Crippen molar-refractivity contribution in [3.05, 3.63) is 70.0 Å². The Bertz CT molecular complexity index is 620. The lowest BCUT2D eigenvalue weighted by Gasteiger charge is -2.28. The van der Waals surface area contributed by atoms with Crippen LogP contribution in [0.15, 0.2) is 30.3 Å². The monoisotopic (exact) mass is 279 g/mol. The van der Waals surface area contributed by atoms with Gasteiger partial charge in [0.25, 0.3) is 0 Å². The summed E-state index contributed by atoms with van der Waals surface area (Å²) < 4.78 is 40.9. The fraction of sp³-hybridized carbons (Fsp3) is 0.250. The zero-order chi connectivity index (χ0) is 15.1. The van der Waals surface area contributed by atoms with Crippen molar-refractivity contribution in [3.8, 4) is 0 Å². The van der Waals surface area contributed by atoms with E-state index in [1.54, 1.807) is 26.8 Å². The van der Waals surface area contributed by atoms with Gasteiger partial charge in [-0.05, 0) is 55.7 Å². The summed E-state index contributed by atoms with van der Waals surface area (Å²) in [6, 6.07) is 6.17. The van der Waals surface area contributed by atoms with E-state index in [4.69, 9.17) is 5.73 Å². The molecule has 0 spiro atoms. The Hall–Kier alpha value is -1.81. The van der Waals surface area contributed by atoms with Crippen molar-refractivity contribution in [2.24, 2.45) is 5.73 Å². The molecule has 0 saturated carbocycles. The molecule has 0 amide bonds. The van der Waals surface area contributed by atoms with E-state index in [1.165, 1.54) is 6.07 Å². The molecule has 0 aliphatic heterocycles. The van der Waals surface area contributed by atoms with E-state index < -0.39 is 23.0 Å². The van der Waals surface area contributed by atoms with Gasteiger partial charge in [-0.25, -0.2) is 13.2 Å². The number of nitrogens with two attached hydrogens (primary N) is 1. The quantitative estimate of drug-likeness (QED) is 0.885. The SMILES string of the molecule is Cc1cc(C)c(C(C)(N)c2cc(F)cc(F)c2)c(F)c1. The fourth-order valence-electron chi connectivity index (χ4n) is 2.57. The minimum absolute atomic E-state index is 0.195. The third-order valence-electron chi connectivity index (χ3n) is 3.41. The maximum absolute atomic E-state index is 14.2. The predicted octanol–water partition coefficient (Wildman–Crippen LogP) is 3.94. The number of aryl methyl sites for hydroxylation is 2. The third-order valence-corrected chi connectivity index (χ3v) is 3.41. The molecule has 20 heavy (non-hydrogen) atoms. The standard InChI is InChI=1S/C16H16F3N/c1-9-4-10(2)15(14(19)5-9)16(3,20)11-6-12(17)8-13(18)7-11/h4-8H,20H2,1-3H3. The Labute approximate surface area is 116 Å². The Morgan fingerprint density at radius 1 is 0.900 bits per heavy atom. The largest absolute Gasteiger partial charge is 0.318 e. The van der Waals surface area contributed by atoms with Crippen LogP contribution in [-0.4, -0.2) is 0 Å². The van der Waals surface area contributed by atoms with Crippen molar-refractivity contribution < 1.29 is 13.2 Å². The first kappa shape index (κ1) is 14.6. The van der Waals surface area contributed by atoms with Gasteiger partial charge in [0, 0.05) is 11.6 Å². The van der Waals surface area contributed by atoms with E-state index in [-0.39, 0.29) is 11.1 Å². The summed E-state index contributed by atoms with van der Waals surface area (Å²) in [5.41, 5.74) is 6.72. The number of benzene rings is 2. The van der Waals surface area contributed by atoms with Crippen LogP contribution >= 0.6 is 0 Å². The highest BCUT2D eigenvalue weighted by Crippen LogP contribution is 2.32. The molecule has 0 radical (unpaired) electrons. The van der Waals surface area contributed by atoms with Crippen LogP contribution in [0.3, 0.4) is 0 Å². The Morgan fingerprint density at radius 3 is 1.95 bits per heavy atom. The summed E-state index contributed by atoms with van der Waals surface area (Å²) in [7, 11) is 0. The molecule has 0 aliphatic rings. The first-order valence-electron chi connectivity index (χ1n) is 6.24. The molecule has 0 fully saturated rings. The number of hydrogen-bond donors (Lipinski definition) is 1. The smallest absolute Gasteiger partial charge is 0.129 e. The lowest BCUT2D eigenvalue weighted by Crippen LogP contribution is -2.36. The molecule has 2 N–H and O–H groups in total. The molecule has 1 atom stereocenters. The normalized spacial score (nSPS) is 14.2. The second-order valence-electron chi connectivity index (χ2n) is 5.30. The minimum atomic E-state index is -1.31. The topological polar surface area (TPSA) is 26.0 Å². The van der Waals surface area contributed by atoms with Crippen LogP contribution in [-0.2, 0) is 5.54 Å². The van der Waals surface area contributed by atoms with Crippen molar-refractivity contribution in [3.63, 3.8) is 0 Å². The van der Waals surface area contributed by atoms with Gasteiger partial charge in [0.15, 0.2) is 0 Å². The van der Waals surface area contributed by atoms with Crippen LogP contribution in [0.1, 0.15) is 29.2 Å². The molecule has 2 aromatic rings. The zero-order valence-corrected chi connectivity index (χ0v) is 11.6. The molecule has 2 rings (SSSR count). The van der Waals surface area contributed by atoms with E-state index >= 15 is 0 Å². The number of rotatable bonds is 2. The second-order valence-corrected chi connectivity index (χ2v) is 5.30. The Balaban J connectivity index is 2.66. The maximum Gasteiger partial charge on any atom is 0.129 e. The fourth-order valence-corrected chi connectivity index (χ4v) is 2.57. The van der Waals surface area contributed by atoms with Gasteiger partial charge in [0.1, 0.15) is 17.5 Å². The van der Waals surface area contributed by atoms with Crippen LogP contribution in [0.5, 0.6) is 0 Å². The van der Waals surface area contributed by atoms with Crippen LogP contribution in [0.25, 0.3) is 0 Å². The Morgan fingerprint density at radius 2 is 1.45 bits per heavy atom. The first-order chi connectivity index (χ1) is 9.21. The van der Waals surface area contributed by atoms with E-state index in [1.807, 2.05) is 0 Å². The van der Waals surface area contributed by atoms with Crippen LogP contribution < -0.4 is 5.73 Å². The Kier molecular flexibility index (Phi) is 3.61. The molecule has 0 aliphatic carbocycles. The van der Waals surface area contributed by atoms with E-state index in [9.17, 15) is 13.2 Å². The van der Waals surface area contributed by atoms with Crippen molar-refractivity contribution in [1.29, 1.82) is 0 Å². The number of hydrogen-bond acceptors (Lipinski definition) is 1. The lowest BCUT2D eigenvalue weighted by atomic mass is 9.82. The van der Waals surface area contributed by atoms with E-state index in [0.29, 0.717) is 5.56 Å². The minimum Gasteiger partial charge on any atom is -0.318 e. The molecule has 0 saturated heterocycles. The predicted molar refractivity (Wildman–Crippen MR) is 72.9 cm³/mol. The molecule has 0 bridgehead atoms. The van der Waals surface area contributed by atoms with Gasteiger partial charge >= 0.3 is 0 Å². The molecule has 0 heterocycles. The first-order valence-corrected chi connectivity index (χ1v) is 6.24. The van der Waals surface area contributed by atoms with Crippen molar-refractivity contribution in [2.75, 3.05) is 0 Å². The van der Waals surface area contributed by atoms with Crippen LogP contribution in [0, 0.1) is 31.3 Å². The van der Waals surface area contributed by atoms with Gasteiger partial charge in [0.05, 0.1) is 5.54 Å². The van der Waals surface area contributed by atoms with Gasteiger partial charge in [-0.2, -0.15) is 0 Å².